The van der Waals surface area contributed by atoms with E-state index in [4.69, 9.17) is 30.8 Å². The van der Waals surface area contributed by atoms with Gasteiger partial charge in [-0.25, -0.2) is 4.57 Å². The number of aliphatic hydroxyl groups is 2. The van der Waals surface area contributed by atoms with Crippen LogP contribution in [0.5, 0.6) is 0 Å². The Balaban J connectivity index is -0.000000667. The van der Waals surface area contributed by atoms with Crippen molar-refractivity contribution in [3.8, 4) is 0 Å². The van der Waals surface area contributed by atoms with Crippen molar-refractivity contribution in [3.05, 3.63) is 12.2 Å². The van der Waals surface area contributed by atoms with Gasteiger partial charge in [0.15, 0.2) is 0 Å². The Labute approximate surface area is 293 Å². The molecule has 0 radical (unpaired) electrons. The van der Waals surface area contributed by atoms with E-state index in [-0.39, 0.29) is 5.91 Å². The topological polar surface area (TPSA) is 188 Å². The molecule has 0 aliphatic rings. The molecule has 1 atom stereocenters. The van der Waals surface area contributed by atoms with Crippen molar-refractivity contribution >= 4 is 19.7 Å². The quantitative estimate of drug-likeness (QED) is 0.0219. The lowest BCUT2D eigenvalue weighted by Crippen LogP contribution is -2.18. The molecule has 48 heavy (non-hydrogen) atoms. The predicted molar refractivity (Wildman–Crippen MR) is 198 cm³/mol. The minimum atomic E-state index is -4.50. The van der Waals surface area contributed by atoms with E-state index >= 15 is 0 Å². The number of amides is 1. The minimum Gasteiger partial charge on any atom is -0.481 e. The van der Waals surface area contributed by atoms with Crippen molar-refractivity contribution in [1.82, 2.24) is 0 Å². The third-order valence-electron chi connectivity index (χ3n) is 7.83. The highest BCUT2D eigenvalue weighted by Gasteiger charge is 2.15. The van der Waals surface area contributed by atoms with Gasteiger partial charge >= 0.3 is 13.8 Å². The highest BCUT2D eigenvalue weighted by atomic mass is 31.2. The summed E-state index contributed by atoms with van der Waals surface area (Å²) in [7, 11) is -4.50. The second-order valence-corrected chi connectivity index (χ2v) is 14.0. The maximum absolute atomic E-state index is 10.5. The first-order valence-electron chi connectivity index (χ1n) is 19.1. The van der Waals surface area contributed by atoms with Crippen LogP contribution in [0, 0.1) is 0 Å². The van der Waals surface area contributed by atoms with E-state index in [0.29, 0.717) is 12.8 Å². The second-order valence-electron chi connectivity index (χ2n) is 12.8. The Bertz CT molecular complexity index is 746. The van der Waals surface area contributed by atoms with E-state index in [1.54, 1.807) is 0 Å². The molecule has 1 unspecified atom stereocenters. The molecule has 0 aromatic rings. The number of carbonyl (C=O) groups excluding carboxylic acids is 1. The van der Waals surface area contributed by atoms with Crippen LogP contribution in [0.2, 0.25) is 0 Å². The summed E-state index contributed by atoms with van der Waals surface area (Å²) in [5.41, 5.74) is 5.09. The van der Waals surface area contributed by atoms with Gasteiger partial charge in [-0.1, -0.05) is 154 Å². The Morgan fingerprint density at radius 2 is 0.958 bits per heavy atom. The summed E-state index contributed by atoms with van der Waals surface area (Å²) in [6, 6.07) is 0. The smallest absolute Gasteiger partial charge is 0.469 e. The molecule has 0 aromatic carbocycles. The van der Waals surface area contributed by atoms with Crippen LogP contribution in [0.15, 0.2) is 12.2 Å². The summed E-state index contributed by atoms with van der Waals surface area (Å²) in [6.07, 6.45) is 37.9. The number of carboxylic acids is 1. The van der Waals surface area contributed by atoms with Crippen LogP contribution in [0.25, 0.3) is 0 Å². The number of phosphoric acid groups is 1. The number of aliphatic carboxylic acids is 1. The first-order chi connectivity index (χ1) is 23.0. The fourth-order valence-corrected chi connectivity index (χ4v) is 5.27. The van der Waals surface area contributed by atoms with Crippen molar-refractivity contribution in [2.75, 3.05) is 13.2 Å². The Kier molecular flexibility index (Phi) is 44.6. The second kappa shape index (κ2) is 41.9. The standard InChI is InChI=1S/C18H34O2.C16H33NO.C3H9O6P/c1-2-3-4-5-6-7-8-9-10-11-12-13-14-15-16-17-18(19)20;1-2-3-4-5-6-7-8-9-10-11-12-13-14-15-16(17)18;4-1-3(5)2-9-10(6,7)8/h9-10H,2-8,11-17H2,1H3,(H,19,20);2-15H2,1H3,(H2,17,18);3-5H,1-2H2,(H2,6,7,8)/b10-9-;;. The molecule has 0 bridgehead atoms. The monoisotopic (exact) mass is 710 g/mol. The van der Waals surface area contributed by atoms with Crippen LogP contribution < -0.4 is 5.73 Å². The SMILES string of the molecule is CCCCCCCC/C=C\CCCCCCCC(=O)O.CCCCCCCCCCCCCCCC(N)=O.O=P(O)(O)OCC(O)CO. The van der Waals surface area contributed by atoms with Gasteiger partial charge in [-0.15, -0.1) is 0 Å². The number of primary amides is 1. The number of unbranched alkanes of at least 4 members (excludes halogenated alkanes) is 23. The zero-order valence-electron chi connectivity index (χ0n) is 30.8. The van der Waals surface area contributed by atoms with E-state index in [1.807, 2.05) is 0 Å². The van der Waals surface area contributed by atoms with Crippen LogP contribution in [0.3, 0.4) is 0 Å². The van der Waals surface area contributed by atoms with Crippen molar-refractivity contribution < 1.29 is 43.8 Å². The number of hydrogen-bond acceptors (Lipinski definition) is 6. The molecule has 288 valence electrons. The number of aliphatic hydroxyl groups excluding tert-OH is 2. The van der Waals surface area contributed by atoms with Gasteiger partial charge in [-0.05, 0) is 38.5 Å². The lowest BCUT2D eigenvalue weighted by molar-refractivity contribution is -0.137. The molecule has 0 rings (SSSR count). The molecule has 0 saturated heterocycles. The maximum atomic E-state index is 10.5. The Morgan fingerprint density at radius 3 is 1.27 bits per heavy atom. The van der Waals surface area contributed by atoms with Gasteiger partial charge in [-0.2, -0.15) is 0 Å². The molecule has 0 aromatic heterocycles. The molecule has 0 aliphatic carbocycles. The van der Waals surface area contributed by atoms with Crippen LogP contribution >= 0.6 is 7.82 Å². The predicted octanol–water partition coefficient (Wildman–Crippen LogP) is 9.51. The lowest BCUT2D eigenvalue weighted by atomic mass is 10.0. The average Bonchev–Trinajstić information content (AvgIpc) is 3.04. The van der Waals surface area contributed by atoms with Crippen molar-refractivity contribution in [1.29, 1.82) is 0 Å². The molecule has 0 saturated carbocycles. The number of carboxylic acid groups (broad SMARTS) is 1. The molecule has 0 aliphatic heterocycles. The molecule has 0 spiro atoms. The van der Waals surface area contributed by atoms with Gasteiger partial charge in [0, 0.05) is 12.8 Å². The normalized spacial score (nSPS) is 11.9. The van der Waals surface area contributed by atoms with Gasteiger partial charge in [0.25, 0.3) is 0 Å². The highest BCUT2D eigenvalue weighted by Crippen LogP contribution is 2.35. The van der Waals surface area contributed by atoms with Gasteiger partial charge < -0.3 is 30.8 Å². The molecular weight excluding hydrogens is 633 g/mol. The highest BCUT2D eigenvalue weighted by molar-refractivity contribution is 7.46. The number of nitrogens with two attached hydrogens (primary N) is 1. The summed E-state index contributed by atoms with van der Waals surface area (Å²) in [5.74, 6) is -0.819. The molecule has 11 heteroatoms. The molecule has 0 fully saturated rings. The first-order valence-corrected chi connectivity index (χ1v) is 20.7. The lowest BCUT2D eigenvalue weighted by Gasteiger charge is -2.07. The van der Waals surface area contributed by atoms with E-state index in [1.165, 1.54) is 148 Å². The number of phosphoric ester groups is 1. The fraction of sp³-hybridized carbons (Fsp3) is 0.892. The maximum Gasteiger partial charge on any atom is 0.469 e. The Morgan fingerprint density at radius 1 is 0.625 bits per heavy atom. The summed E-state index contributed by atoms with van der Waals surface area (Å²) in [4.78, 5) is 37.0. The van der Waals surface area contributed by atoms with Crippen LogP contribution in [-0.2, 0) is 18.7 Å². The van der Waals surface area contributed by atoms with Crippen LogP contribution in [0.4, 0.5) is 0 Å². The number of carbonyl (C=O) groups is 2. The van der Waals surface area contributed by atoms with E-state index in [0.717, 1.165) is 19.3 Å². The average molecular weight is 710 g/mol. The Hall–Kier alpha value is -1.29. The summed E-state index contributed by atoms with van der Waals surface area (Å²) in [5, 5.41) is 25.2. The summed E-state index contributed by atoms with van der Waals surface area (Å²) in [6.45, 7) is 3.37. The molecule has 10 nitrogen and oxygen atoms in total. The molecular formula is C37H76NO9P. The minimum absolute atomic E-state index is 0.155. The fourth-order valence-electron chi connectivity index (χ4n) is 4.90. The zero-order chi connectivity index (χ0) is 36.6. The molecule has 7 N–H and O–H groups in total. The van der Waals surface area contributed by atoms with E-state index in [9.17, 15) is 14.2 Å². The third kappa shape index (κ3) is 57.0. The molecule has 1 amide bonds. The van der Waals surface area contributed by atoms with E-state index < -0.39 is 33.1 Å². The third-order valence-corrected chi connectivity index (χ3v) is 8.31. The van der Waals surface area contributed by atoms with Crippen molar-refractivity contribution in [2.24, 2.45) is 5.73 Å². The largest absolute Gasteiger partial charge is 0.481 e. The summed E-state index contributed by atoms with van der Waals surface area (Å²) < 4.78 is 13.8. The van der Waals surface area contributed by atoms with Crippen molar-refractivity contribution in [2.45, 2.75) is 200 Å². The number of hydrogen-bond donors (Lipinski definition) is 6. The number of allylic oxidation sites excluding steroid dienone is 2. The first kappa shape index (κ1) is 51.1. The van der Waals surface area contributed by atoms with E-state index in [2.05, 4.69) is 30.5 Å². The van der Waals surface area contributed by atoms with Crippen molar-refractivity contribution in [3.63, 3.8) is 0 Å². The van der Waals surface area contributed by atoms with Crippen LogP contribution in [0.1, 0.15) is 194 Å². The van der Waals surface area contributed by atoms with Crippen LogP contribution in [-0.4, -0.2) is 56.3 Å². The molecule has 0 heterocycles. The van der Waals surface area contributed by atoms with Gasteiger partial charge in [-0.3, -0.25) is 14.1 Å². The number of rotatable bonds is 33. The van der Waals surface area contributed by atoms with Gasteiger partial charge in [0.1, 0.15) is 6.10 Å². The summed E-state index contributed by atoms with van der Waals surface area (Å²) >= 11 is 0. The zero-order valence-corrected chi connectivity index (χ0v) is 31.7. The van der Waals surface area contributed by atoms with Gasteiger partial charge in [0.05, 0.1) is 13.2 Å². The van der Waals surface area contributed by atoms with Gasteiger partial charge in [0.2, 0.25) is 5.91 Å².